The lowest BCUT2D eigenvalue weighted by Gasteiger charge is -2.24. The van der Waals surface area contributed by atoms with Crippen molar-refractivity contribution in [3.8, 4) is 5.75 Å². The molecule has 5 rings (SSSR count). The van der Waals surface area contributed by atoms with Crippen molar-refractivity contribution in [1.82, 2.24) is 0 Å². The Hall–Kier alpha value is -3.22. The highest BCUT2D eigenvalue weighted by Crippen LogP contribution is 2.42. The second-order valence-corrected chi connectivity index (χ2v) is 9.36. The molecule has 5 nitrogen and oxygen atoms in total. The molecule has 1 unspecified atom stereocenters. The third-order valence-corrected chi connectivity index (χ3v) is 6.98. The molecule has 0 saturated carbocycles. The first-order valence-electron chi connectivity index (χ1n) is 10.4. The van der Waals surface area contributed by atoms with Crippen LogP contribution in [0.3, 0.4) is 0 Å². The summed E-state index contributed by atoms with van der Waals surface area (Å²) in [6.45, 7) is 2.24. The molecule has 0 bridgehead atoms. The van der Waals surface area contributed by atoms with Gasteiger partial charge in [0.05, 0.1) is 5.75 Å². The highest BCUT2D eigenvalue weighted by atomic mass is 35.5. The Morgan fingerprint density at radius 2 is 1.79 bits per heavy atom. The van der Waals surface area contributed by atoms with E-state index in [1.165, 1.54) is 6.07 Å². The van der Waals surface area contributed by atoms with E-state index in [4.69, 9.17) is 20.8 Å². The maximum absolute atomic E-state index is 12.5. The van der Waals surface area contributed by atoms with E-state index in [9.17, 15) is 9.59 Å². The maximum Gasteiger partial charge on any atom is 0.336 e. The number of aryl methyl sites for hydroxylation is 1. The number of thioether (sulfide) groups is 1. The van der Waals surface area contributed by atoms with Crippen LogP contribution in [0.5, 0.6) is 5.75 Å². The van der Waals surface area contributed by atoms with Crippen molar-refractivity contribution in [3.05, 3.63) is 105 Å². The predicted molar refractivity (Wildman–Crippen MR) is 132 cm³/mol. The Labute approximate surface area is 199 Å². The molecule has 2 heterocycles. The van der Waals surface area contributed by atoms with Gasteiger partial charge in [-0.1, -0.05) is 35.4 Å². The van der Waals surface area contributed by atoms with Gasteiger partial charge in [-0.25, -0.2) is 4.79 Å². The summed E-state index contributed by atoms with van der Waals surface area (Å²) in [5, 5.41) is 1.39. The van der Waals surface area contributed by atoms with Crippen LogP contribution >= 0.6 is 23.4 Å². The Morgan fingerprint density at radius 1 is 1.03 bits per heavy atom. The van der Waals surface area contributed by atoms with E-state index in [-0.39, 0.29) is 17.9 Å². The van der Waals surface area contributed by atoms with Gasteiger partial charge < -0.3 is 9.15 Å². The lowest BCUT2D eigenvalue weighted by molar-refractivity contribution is -0.115. The van der Waals surface area contributed by atoms with Gasteiger partial charge in [-0.15, -0.1) is 11.8 Å². The minimum absolute atomic E-state index is 0.0673. The molecule has 7 heteroatoms. The summed E-state index contributed by atoms with van der Waals surface area (Å²) in [5.74, 6) is 1.17. The summed E-state index contributed by atoms with van der Waals surface area (Å²) >= 11 is 7.59. The molecule has 3 aromatic carbocycles. The van der Waals surface area contributed by atoms with Gasteiger partial charge in [0, 0.05) is 27.7 Å². The number of ether oxygens (including phenoxy) is 1. The number of rotatable bonds is 5. The molecule has 33 heavy (non-hydrogen) atoms. The van der Waals surface area contributed by atoms with Crippen molar-refractivity contribution in [2.75, 3.05) is 10.7 Å². The van der Waals surface area contributed by atoms with Crippen LogP contribution in [0.2, 0.25) is 5.02 Å². The van der Waals surface area contributed by atoms with Crippen molar-refractivity contribution >= 4 is 45.9 Å². The first-order chi connectivity index (χ1) is 16.0. The van der Waals surface area contributed by atoms with Gasteiger partial charge in [0.1, 0.15) is 23.3 Å². The highest BCUT2D eigenvalue weighted by molar-refractivity contribution is 8.00. The van der Waals surface area contributed by atoms with E-state index in [1.807, 2.05) is 55.5 Å². The fraction of sp³-hybridized carbons (Fsp3) is 0.154. The Balaban J connectivity index is 1.35. The summed E-state index contributed by atoms with van der Waals surface area (Å²) in [5.41, 5.74) is 3.84. The van der Waals surface area contributed by atoms with E-state index in [2.05, 4.69) is 0 Å². The Morgan fingerprint density at radius 3 is 2.55 bits per heavy atom. The van der Waals surface area contributed by atoms with Gasteiger partial charge in [0.25, 0.3) is 0 Å². The minimum Gasteiger partial charge on any atom is -0.489 e. The van der Waals surface area contributed by atoms with Gasteiger partial charge in [0.2, 0.25) is 5.91 Å². The zero-order chi connectivity index (χ0) is 22.9. The van der Waals surface area contributed by atoms with E-state index < -0.39 is 5.63 Å². The first kappa shape index (κ1) is 21.6. The molecule has 1 aliphatic rings. The molecule has 1 amide bonds. The lowest BCUT2D eigenvalue weighted by atomic mass is 10.1. The molecule has 1 atom stereocenters. The van der Waals surface area contributed by atoms with Crippen LogP contribution in [0.4, 0.5) is 5.69 Å². The SMILES string of the molecule is Cc1ccc2oc(=O)cc(COc3ccc(C4SCC(=O)N4c4ccc(Cl)cc4)cc3)c2c1. The average molecular weight is 478 g/mol. The van der Waals surface area contributed by atoms with Crippen LogP contribution in [0.15, 0.2) is 82.0 Å². The fourth-order valence-corrected chi connectivity index (χ4v) is 5.21. The maximum atomic E-state index is 12.5. The van der Waals surface area contributed by atoms with Crippen LogP contribution in [0.1, 0.15) is 22.1 Å². The molecule has 1 aromatic heterocycles. The van der Waals surface area contributed by atoms with Gasteiger partial charge >= 0.3 is 5.63 Å². The summed E-state index contributed by atoms with van der Waals surface area (Å²) in [7, 11) is 0. The topological polar surface area (TPSA) is 59.8 Å². The van der Waals surface area contributed by atoms with Crippen LogP contribution in [-0.2, 0) is 11.4 Å². The lowest BCUT2D eigenvalue weighted by Crippen LogP contribution is -2.27. The van der Waals surface area contributed by atoms with Gasteiger partial charge in [0.15, 0.2) is 0 Å². The zero-order valence-corrected chi connectivity index (χ0v) is 19.4. The van der Waals surface area contributed by atoms with Gasteiger partial charge in [-0.3, -0.25) is 9.69 Å². The van der Waals surface area contributed by atoms with Crippen molar-refractivity contribution in [1.29, 1.82) is 0 Å². The second-order valence-electron chi connectivity index (χ2n) is 7.85. The molecule has 0 aliphatic carbocycles. The standard InChI is InChI=1S/C26H20ClNO4S/c1-16-2-11-23-22(12-16)18(13-25(30)32-23)14-31-21-9-3-17(4-10-21)26-28(24(29)15-33-26)20-7-5-19(27)6-8-20/h2-13,26H,14-15H2,1H3. The number of halogens is 1. The smallest absolute Gasteiger partial charge is 0.336 e. The molecule has 1 saturated heterocycles. The zero-order valence-electron chi connectivity index (χ0n) is 17.8. The highest BCUT2D eigenvalue weighted by Gasteiger charge is 2.34. The normalized spacial score (nSPS) is 15.9. The average Bonchev–Trinajstić information content (AvgIpc) is 3.20. The van der Waals surface area contributed by atoms with Gasteiger partial charge in [-0.05, 0) is 61.0 Å². The van der Waals surface area contributed by atoms with Crippen molar-refractivity contribution in [2.45, 2.75) is 18.9 Å². The molecular weight excluding hydrogens is 458 g/mol. The molecule has 1 aliphatic heterocycles. The van der Waals surface area contributed by atoms with Crippen LogP contribution in [-0.4, -0.2) is 11.7 Å². The molecular formula is C26H20ClNO4S. The summed E-state index contributed by atoms with van der Waals surface area (Å²) < 4.78 is 11.3. The molecule has 166 valence electrons. The van der Waals surface area contributed by atoms with Crippen molar-refractivity contribution in [2.24, 2.45) is 0 Å². The fourth-order valence-electron chi connectivity index (χ4n) is 3.90. The first-order valence-corrected chi connectivity index (χ1v) is 11.9. The number of benzene rings is 3. The van der Waals surface area contributed by atoms with Crippen LogP contribution in [0, 0.1) is 6.92 Å². The summed E-state index contributed by atoms with van der Waals surface area (Å²) in [6.07, 6.45) is 0. The van der Waals surface area contributed by atoms with E-state index in [1.54, 1.807) is 34.9 Å². The number of hydrogen-bond donors (Lipinski definition) is 0. The number of hydrogen-bond acceptors (Lipinski definition) is 5. The molecule has 1 fully saturated rings. The number of nitrogens with zero attached hydrogens (tertiary/aromatic N) is 1. The summed E-state index contributed by atoms with van der Waals surface area (Å²) in [6, 6.07) is 22.2. The quantitative estimate of drug-likeness (QED) is 0.324. The number of carbonyl (C=O) groups excluding carboxylic acids is 1. The van der Waals surface area contributed by atoms with Crippen LogP contribution < -0.4 is 15.3 Å². The third kappa shape index (κ3) is 4.49. The Kier molecular flexibility index (Phi) is 5.87. The monoisotopic (exact) mass is 477 g/mol. The molecule has 0 radical (unpaired) electrons. The van der Waals surface area contributed by atoms with Gasteiger partial charge in [-0.2, -0.15) is 0 Å². The number of carbonyl (C=O) groups is 1. The predicted octanol–water partition coefficient (Wildman–Crippen LogP) is 6.11. The minimum atomic E-state index is -0.398. The van der Waals surface area contributed by atoms with E-state index in [0.29, 0.717) is 22.1 Å². The van der Waals surface area contributed by atoms with Crippen LogP contribution in [0.25, 0.3) is 11.0 Å². The summed E-state index contributed by atoms with van der Waals surface area (Å²) in [4.78, 5) is 26.3. The molecule has 4 aromatic rings. The number of fused-ring (bicyclic) bond motifs is 1. The largest absolute Gasteiger partial charge is 0.489 e. The molecule has 0 spiro atoms. The number of anilines is 1. The Bertz CT molecular complexity index is 1380. The second kappa shape index (κ2) is 8.96. The van der Waals surface area contributed by atoms with Crippen molar-refractivity contribution < 1.29 is 13.9 Å². The molecule has 0 N–H and O–H groups in total. The van der Waals surface area contributed by atoms with Crippen molar-refractivity contribution in [3.63, 3.8) is 0 Å². The third-order valence-electron chi connectivity index (χ3n) is 5.52. The number of amides is 1. The van der Waals surface area contributed by atoms with E-state index >= 15 is 0 Å². The van der Waals surface area contributed by atoms with E-state index in [0.717, 1.165) is 27.8 Å².